The van der Waals surface area contributed by atoms with Crippen molar-refractivity contribution in [3.63, 3.8) is 0 Å². The number of pyridine rings is 1. The first kappa shape index (κ1) is 22.1. The van der Waals surface area contributed by atoms with Crippen LogP contribution in [0.3, 0.4) is 0 Å². The lowest BCUT2D eigenvalue weighted by atomic mass is 10.0. The predicted molar refractivity (Wildman–Crippen MR) is 121 cm³/mol. The minimum absolute atomic E-state index is 0.0720. The van der Waals surface area contributed by atoms with Crippen LogP contribution >= 0.6 is 0 Å². The number of aromatic nitrogens is 1. The average molecular weight is 450 g/mol. The predicted octanol–water partition coefficient (Wildman–Crippen LogP) is 4.57. The second-order valence-corrected chi connectivity index (χ2v) is 7.52. The number of nitrogens with one attached hydrogen (secondary N) is 1. The van der Waals surface area contributed by atoms with Crippen LogP contribution in [0.1, 0.15) is 35.8 Å². The summed E-state index contributed by atoms with van der Waals surface area (Å²) in [5.41, 5.74) is 4.38. The zero-order chi connectivity index (χ0) is 23.5. The summed E-state index contributed by atoms with van der Waals surface area (Å²) in [6, 6.07) is 8.21. The molecule has 1 aliphatic carbocycles. The van der Waals surface area contributed by atoms with Crippen LogP contribution in [0.5, 0.6) is 17.2 Å². The van der Waals surface area contributed by atoms with E-state index in [1.165, 1.54) is 26.5 Å². The number of allylic oxidation sites excluding steroid dienone is 2. The van der Waals surface area contributed by atoms with Crippen LogP contribution in [-0.2, 0) is 11.3 Å². The van der Waals surface area contributed by atoms with Gasteiger partial charge >= 0.3 is 0 Å². The number of carbonyl (C=O) groups is 1. The summed E-state index contributed by atoms with van der Waals surface area (Å²) >= 11 is 0. The third-order valence-electron chi connectivity index (χ3n) is 5.53. The van der Waals surface area contributed by atoms with Crippen LogP contribution in [-0.4, -0.2) is 30.2 Å². The van der Waals surface area contributed by atoms with Crippen molar-refractivity contribution in [2.24, 2.45) is 0 Å². The summed E-state index contributed by atoms with van der Waals surface area (Å²) in [5, 5.41) is 13.0. The van der Waals surface area contributed by atoms with E-state index in [4.69, 9.17) is 13.9 Å². The highest BCUT2D eigenvalue weighted by Crippen LogP contribution is 2.45. The Labute approximate surface area is 190 Å². The molecule has 2 N–H and O–H groups in total. The van der Waals surface area contributed by atoms with Gasteiger partial charge in [-0.1, -0.05) is 0 Å². The number of benzene rings is 1. The Hall–Kier alpha value is -4.07. The monoisotopic (exact) mass is 450 g/mol. The number of rotatable bonds is 7. The number of phenols is 1. The number of methoxy groups -OCH3 is 2. The van der Waals surface area contributed by atoms with E-state index in [0.717, 1.165) is 11.1 Å². The van der Waals surface area contributed by atoms with Gasteiger partial charge in [-0.15, -0.1) is 0 Å². The summed E-state index contributed by atoms with van der Waals surface area (Å²) in [6.45, 7) is 2.15. The molecule has 0 aliphatic heterocycles. The average Bonchev–Trinajstić information content (AvgIpc) is 3.41. The molecule has 4 rings (SSSR count). The Kier molecular flexibility index (Phi) is 6.17. The molecule has 8 heteroatoms. The van der Waals surface area contributed by atoms with Gasteiger partial charge in [-0.2, -0.15) is 4.39 Å². The lowest BCUT2D eigenvalue weighted by Crippen LogP contribution is -2.22. The van der Waals surface area contributed by atoms with Crippen LogP contribution in [0.15, 0.2) is 52.8 Å². The number of aromatic hydroxyl groups is 1. The Bertz CT molecular complexity index is 1240. The number of hydrogen-bond donors (Lipinski definition) is 2. The van der Waals surface area contributed by atoms with Gasteiger partial charge in [0.2, 0.25) is 17.6 Å². The third-order valence-corrected chi connectivity index (χ3v) is 5.53. The maximum Gasteiger partial charge on any atom is 0.224 e. The summed E-state index contributed by atoms with van der Waals surface area (Å²) in [4.78, 5) is 16.4. The fourth-order valence-corrected chi connectivity index (χ4v) is 3.86. The number of fused-ring (bicyclic) bond motifs is 1. The Morgan fingerprint density at radius 3 is 2.58 bits per heavy atom. The first-order chi connectivity index (χ1) is 15.9. The Morgan fingerprint density at radius 1 is 1.21 bits per heavy atom. The van der Waals surface area contributed by atoms with Gasteiger partial charge < -0.3 is 24.3 Å². The molecule has 0 spiro atoms. The maximum atomic E-state index is 14.0. The fraction of sp³-hybridized carbons (Fsp3) is 0.200. The van der Waals surface area contributed by atoms with Crippen molar-refractivity contribution in [3.8, 4) is 17.2 Å². The zero-order valence-corrected chi connectivity index (χ0v) is 18.4. The molecule has 7 nitrogen and oxygen atoms in total. The van der Waals surface area contributed by atoms with Gasteiger partial charge in [0.1, 0.15) is 5.76 Å². The summed E-state index contributed by atoms with van der Waals surface area (Å²) in [5.74, 6) is 0.236. The molecule has 33 heavy (non-hydrogen) atoms. The maximum absolute atomic E-state index is 14.0. The zero-order valence-electron chi connectivity index (χ0n) is 18.4. The molecule has 0 unspecified atom stereocenters. The van der Waals surface area contributed by atoms with Crippen molar-refractivity contribution in [2.45, 2.75) is 19.9 Å². The van der Waals surface area contributed by atoms with Gasteiger partial charge in [0, 0.05) is 17.8 Å². The molecule has 2 aromatic heterocycles. The molecular weight excluding hydrogens is 427 g/mol. The van der Waals surface area contributed by atoms with E-state index in [-0.39, 0.29) is 36.1 Å². The van der Waals surface area contributed by atoms with E-state index in [1.807, 2.05) is 13.0 Å². The van der Waals surface area contributed by atoms with Crippen molar-refractivity contribution < 1.29 is 28.2 Å². The van der Waals surface area contributed by atoms with E-state index in [9.17, 15) is 14.3 Å². The van der Waals surface area contributed by atoms with Crippen LogP contribution in [0.4, 0.5) is 4.39 Å². The topological polar surface area (TPSA) is 93.8 Å². The highest BCUT2D eigenvalue weighted by molar-refractivity contribution is 6.08. The second kappa shape index (κ2) is 9.20. The Balaban J connectivity index is 1.70. The SMILES string of the molecule is COc1cc(C=C2C(C)=C(CC(=O)NCc3ccco3)c3cc(F)ncc32)cc(OC)c1O. The molecular formula is C25H23FN2O5. The fourth-order valence-electron chi connectivity index (χ4n) is 3.86. The molecule has 1 aromatic carbocycles. The van der Waals surface area contributed by atoms with E-state index in [2.05, 4.69) is 10.3 Å². The number of carbonyl (C=O) groups excluding carboxylic acids is 1. The van der Waals surface area contributed by atoms with E-state index < -0.39 is 5.95 Å². The number of furan rings is 1. The van der Waals surface area contributed by atoms with Gasteiger partial charge in [0.15, 0.2) is 11.5 Å². The third kappa shape index (κ3) is 4.45. The Morgan fingerprint density at radius 2 is 1.94 bits per heavy atom. The molecule has 1 amide bonds. The lowest BCUT2D eigenvalue weighted by molar-refractivity contribution is -0.120. The van der Waals surface area contributed by atoms with Crippen molar-refractivity contribution in [1.29, 1.82) is 0 Å². The molecule has 0 atom stereocenters. The summed E-state index contributed by atoms with van der Waals surface area (Å²) < 4.78 is 29.7. The molecule has 3 aromatic rings. The summed E-state index contributed by atoms with van der Waals surface area (Å²) in [6.07, 6.45) is 4.94. The second-order valence-electron chi connectivity index (χ2n) is 7.52. The van der Waals surface area contributed by atoms with Crippen molar-refractivity contribution >= 4 is 23.1 Å². The van der Waals surface area contributed by atoms with Gasteiger partial charge in [-0.3, -0.25) is 4.79 Å². The minimum Gasteiger partial charge on any atom is -0.502 e. The highest BCUT2D eigenvalue weighted by Gasteiger charge is 2.26. The summed E-state index contributed by atoms with van der Waals surface area (Å²) in [7, 11) is 2.90. The standard InChI is InChI=1S/C25H23FN2O5/c1-14-17(7-15-8-21(31-2)25(30)22(9-15)32-3)20-13-27-23(26)10-19(20)18(14)11-24(29)28-12-16-5-4-6-33-16/h4-10,13,30H,11-12H2,1-3H3,(H,28,29). The molecule has 0 saturated heterocycles. The van der Waals surface area contributed by atoms with Crippen LogP contribution in [0.2, 0.25) is 0 Å². The molecule has 0 radical (unpaired) electrons. The van der Waals surface area contributed by atoms with Crippen LogP contribution < -0.4 is 14.8 Å². The van der Waals surface area contributed by atoms with Gasteiger partial charge in [-0.05, 0) is 65.1 Å². The van der Waals surface area contributed by atoms with Gasteiger partial charge in [0.25, 0.3) is 0 Å². The van der Waals surface area contributed by atoms with E-state index >= 15 is 0 Å². The number of phenolic OH excluding ortho intramolecular Hbond substituents is 1. The van der Waals surface area contributed by atoms with Gasteiger partial charge in [-0.25, -0.2) is 4.98 Å². The number of hydrogen-bond acceptors (Lipinski definition) is 6. The van der Waals surface area contributed by atoms with E-state index in [0.29, 0.717) is 28.0 Å². The number of nitrogens with zero attached hydrogens (tertiary/aromatic N) is 1. The van der Waals surface area contributed by atoms with Gasteiger partial charge in [0.05, 0.1) is 33.4 Å². The van der Waals surface area contributed by atoms with Crippen LogP contribution in [0, 0.1) is 5.95 Å². The molecule has 0 saturated carbocycles. The molecule has 170 valence electrons. The molecule has 0 bridgehead atoms. The largest absolute Gasteiger partial charge is 0.502 e. The smallest absolute Gasteiger partial charge is 0.224 e. The first-order valence-corrected chi connectivity index (χ1v) is 10.2. The number of halogens is 1. The lowest BCUT2D eigenvalue weighted by Gasteiger charge is -2.10. The number of ether oxygens (including phenoxy) is 2. The van der Waals surface area contributed by atoms with Crippen molar-refractivity contribution in [1.82, 2.24) is 10.3 Å². The number of amides is 1. The van der Waals surface area contributed by atoms with Crippen molar-refractivity contribution in [2.75, 3.05) is 14.2 Å². The quantitative estimate of drug-likeness (QED) is 0.512. The van der Waals surface area contributed by atoms with E-state index in [1.54, 1.807) is 30.5 Å². The minimum atomic E-state index is -0.621. The van der Waals surface area contributed by atoms with Crippen LogP contribution in [0.25, 0.3) is 17.2 Å². The van der Waals surface area contributed by atoms with Crippen molar-refractivity contribution in [3.05, 3.63) is 76.8 Å². The molecule has 1 aliphatic rings. The highest BCUT2D eigenvalue weighted by atomic mass is 19.1. The molecule has 2 heterocycles. The molecule has 0 fully saturated rings. The first-order valence-electron chi connectivity index (χ1n) is 10.2. The normalized spacial score (nSPS) is 13.9.